The molecule has 1 aliphatic rings. The van der Waals surface area contributed by atoms with E-state index in [9.17, 15) is 22.0 Å². The Labute approximate surface area is 103 Å². The first-order valence-electron chi connectivity index (χ1n) is 5.00. The zero-order valence-electron chi connectivity index (χ0n) is 9.12. The van der Waals surface area contributed by atoms with Crippen molar-refractivity contribution < 1.29 is 36.5 Å². The van der Waals surface area contributed by atoms with E-state index < -0.39 is 30.4 Å². The molecule has 0 spiro atoms. The minimum absolute atomic E-state index is 0.204. The monoisotopic (exact) mass is 285 g/mol. The molecule has 1 heterocycles. The molecular formula is C10H8F5NO3. The van der Waals surface area contributed by atoms with E-state index in [1.807, 2.05) is 0 Å². The van der Waals surface area contributed by atoms with Crippen LogP contribution in [-0.4, -0.2) is 23.7 Å². The third-order valence-corrected chi connectivity index (χ3v) is 2.49. The van der Waals surface area contributed by atoms with E-state index in [-0.39, 0.29) is 11.3 Å². The second-order valence-electron chi connectivity index (χ2n) is 3.89. The van der Waals surface area contributed by atoms with Crippen LogP contribution in [-0.2, 0) is 0 Å². The number of nitrogens with two attached hydrogens (primary N) is 1. The lowest BCUT2D eigenvalue weighted by Gasteiger charge is -2.21. The Morgan fingerprint density at radius 2 is 1.74 bits per heavy atom. The van der Waals surface area contributed by atoms with Gasteiger partial charge in [-0.05, 0) is 17.7 Å². The summed E-state index contributed by atoms with van der Waals surface area (Å²) in [5.74, 6) is -0.755. The van der Waals surface area contributed by atoms with E-state index in [1.165, 1.54) is 0 Å². The SMILES string of the molecule is N[C@@H](c1ccc2c(c1)OC(F)(F)O2)[C@H](O)C(F)(F)F. The van der Waals surface area contributed by atoms with Gasteiger partial charge in [0.15, 0.2) is 17.6 Å². The predicted molar refractivity (Wildman–Crippen MR) is 51.6 cm³/mol. The maximum absolute atomic E-state index is 12.7. The predicted octanol–water partition coefficient (Wildman–Crippen LogP) is 1.93. The molecule has 0 radical (unpaired) electrons. The van der Waals surface area contributed by atoms with Gasteiger partial charge in [0.2, 0.25) is 0 Å². The van der Waals surface area contributed by atoms with Gasteiger partial charge in [-0.2, -0.15) is 13.2 Å². The van der Waals surface area contributed by atoms with Crippen molar-refractivity contribution in [1.82, 2.24) is 0 Å². The molecular weight excluding hydrogens is 277 g/mol. The van der Waals surface area contributed by atoms with Gasteiger partial charge in [0.05, 0.1) is 6.04 Å². The maximum Gasteiger partial charge on any atom is 0.586 e. The van der Waals surface area contributed by atoms with Crippen LogP contribution in [0.5, 0.6) is 11.5 Å². The van der Waals surface area contributed by atoms with E-state index in [1.54, 1.807) is 0 Å². The van der Waals surface area contributed by atoms with Crippen LogP contribution in [0, 0.1) is 0 Å². The van der Waals surface area contributed by atoms with Crippen LogP contribution in [0.4, 0.5) is 22.0 Å². The number of rotatable bonds is 2. The number of hydrogen-bond donors (Lipinski definition) is 2. The zero-order chi connectivity index (χ0) is 14.4. The summed E-state index contributed by atoms with van der Waals surface area (Å²) < 4.78 is 70.4. The van der Waals surface area contributed by atoms with Crippen molar-refractivity contribution in [1.29, 1.82) is 0 Å². The third kappa shape index (κ3) is 2.71. The molecule has 1 aromatic carbocycles. The highest BCUT2D eigenvalue weighted by Gasteiger charge is 2.45. The molecule has 106 valence electrons. The lowest BCUT2D eigenvalue weighted by Crippen LogP contribution is -2.38. The highest BCUT2D eigenvalue weighted by atomic mass is 19.4. The fourth-order valence-corrected chi connectivity index (χ4v) is 1.56. The summed E-state index contributed by atoms with van der Waals surface area (Å²) in [4.78, 5) is 0. The van der Waals surface area contributed by atoms with Gasteiger partial charge in [-0.1, -0.05) is 6.07 Å². The Morgan fingerprint density at radius 3 is 2.32 bits per heavy atom. The molecule has 0 aliphatic carbocycles. The van der Waals surface area contributed by atoms with Crippen LogP contribution in [0.1, 0.15) is 11.6 Å². The number of benzene rings is 1. The van der Waals surface area contributed by atoms with Crippen molar-refractivity contribution >= 4 is 0 Å². The Morgan fingerprint density at radius 1 is 1.16 bits per heavy atom. The average Bonchev–Trinajstić information content (AvgIpc) is 2.58. The summed E-state index contributed by atoms with van der Waals surface area (Å²) in [6.07, 6.45) is -11.6. The Hall–Kier alpha value is -1.61. The lowest BCUT2D eigenvalue weighted by molar-refractivity contribution is -0.286. The number of aliphatic hydroxyl groups is 1. The number of fused-ring (bicyclic) bond motifs is 1. The summed E-state index contributed by atoms with van der Waals surface area (Å²) in [6, 6.07) is 1.09. The van der Waals surface area contributed by atoms with Crippen molar-refractivity contribution in [3.8, 4) is 11.5 Å². The van der Waals surface area contributed by atoms with Crippen LogP contribution in [0.2, 0.25) is 0 Å². The van der Waals surface area contributed by atoms with Crippen molar-refractivity contribution in [3.63, 3.8) is 0 Å². The van der Waals surface area contributed by atoms with Gasteiger partial charge >= 0.3 is 12.5 Å². The third-order valence-electron chi connectivity index (χ3n) is 2.49. The number of alkyl halides is 5. The number of ether oxygens (including phenoxy) is 2. The van der Waals surface area contributed by atoms with Crippen molar-refractivity contribution in [2.45, 2.75) is 24.6 Å². The van der Waals surface area contributed by atoms with Crippen LogP contribution in [0.25, 0.3) is 0 Å². The summed E-state index contributed by atoms with van der Waals surface area (Å²) in [5.41, 5.74) is 5.03. The quantitative estimate of drug-likeness (QED) is 0.815. The normalized spacial score (nSPS) is 20.2. The number of aliphatic hydroxyl groups excluding tert-OH is 1. The van der Waals surface area contributed by atoms with E-state index >= 15 is 0 Å². The Bertz CT molecular complexity index is 491. The number of halogens is 5. The first kappa shape index (κ1) is 13.8. The average molecular weight is 285 g/mol. The summed E-state index contributed by atoms with van der Waals surface area (Å²) in [6.45, 7) is 0. The standard InChI is InChI=1S/C10H8F5NO3/c11-9(12,13)8(17)7(16)4-1-2-5-6(3-4)19-10(14,15)18-5/h1-3,7-8,17H,16H2/t7-,8-/m0/s1. The summed E-state index contributed by atoms with van der Waals surface area (Å²) >= 11 is 0. The molecule has 2 atom stereocenters. The second kappa shape index (κ2) is 4.20. The molecule has 4 nitrogen and oxygen atoms in total. The molecule has 0 amide bonds. The van der Waals surface area contributed by atoms with Gasteiger partial charge in [-0.3, -0.25) is 0 Å². The molecule has 3 N–H and O–H groups in total. The number of hydrogen-bond acceptors (Lipinski definition) is 4. The van der Waals surface area contributed by atoms with Crippen LogP contribution < -0.4 is 15.2 Å². The summed E-state index contributed by atoms with van der Waals surface area (Å²) in [5, 5.41) is 8.99. The maximum atomic E-state index is 12.7. The first-order chi connectivity index (χ1) is 8.60. The molecule has 0 saturated carbocycles. The lowest BCUT2D eigenvalue weighted by atomic mass is 10.0. The highest BCUT2D eigenvalue weighted by molar-refractivity contribution is 5.46. The van der Waals surface area contributed by atoms with Gasteiger partial charge in [0.25, 0.3) is 0 Å². The van der Waals surface area contributed by atoms with Gasteiger partial charge < -0.3 is 20.3 Å². The molecule has 0 fully saturated rings. The second-order valence-corrected chi connectivity index (χ2v) is 3.89. The molecule has 0 unspecified atom stereocenters. The van der Waals surface area contributed by atoms with Crippen molar-refractivity contribution in [3.05, 3.63) is 23.8 Å². The van der Waals surface area contributed by atoms with Crippen LogP contribution in [0.3, 0.4) is 0 Å². The molecule has 0 saturated heterocycles. The van der Waals surface area contributed by atoms with Gasteiger partial charge in [-0.15, -0.1) is 8.78 Å². The largest absolute Gasteiger partial charge is 0.586 e. The van der Waals surface area contributed by atoms with Crippen molar-refractivity contribution in [2.75, 3.05) is 0 Å². The molecule has 19 heavy (non-hydrogen) atoms. The molecule has 0 bridgehead atoms. The topological polar surface area (TPSA) is 64.7 Å². The van der Waals surface area contributed by atoms with Crippen LogP contribution in [0.15, 0.2) is 18.2 Å². The fourth-order valence-electron chi connectivity index (χ4n) is 1.56. The van der Waals surface area contributed by atoms with E-state index in [2.05, 4.69) is 9.47 Å². The van der Waals surface area contributed by atoms with Gasteiger partial charge in [-0.25, -0.2) is 0 Å². The van der Waals surface area contributed by atoms with Crippen LogP contribution >= 0.6 is 0 Å². The zero-order valence-corrected chi connectivity index (χ0v) is 9.12. The first-order valence-corrected chi connectivity index (χ1v) is 5.00. The Kier molecular flexibility index (Phi) is 3.06. The van der Waals surface area contributed by atoms with Gasteiger partial charge in [0, 0.05) is 0 Å². The molecule has 0 aromatic heterocycles. The van der Waals surface area contributed by atoms with E-state index in [0.29, 0.717) is 0 Å². The smallest absolute Gasteiger partial charge is 0.395 e. The summed E-state index contributed by atoms with van der Waals surface area (Å²) in [7, 11) is 0. The molecule has 9 heteroatoms. The molecule has 1 aromatic rings. The fraction of sp³-hybridized carbons (Fsp3) is 0.400. The molecule has 2 rings (SSSR count). The van der Waals surface area contributed by atoms with E-state index in [4.69, 9.17) is 10.8 Å². The minimum Gasteiger partial charge on any atom is -0.395 e. The minimum atomic E-state index is -4.92. The van der Waals surface area contributed by atoms with Gasteiger partial charge in [0.1, 0.15) is 0 Å². The highest BCUT2D eigenvalue weighted by Crippen LogP contribution is 2.42. The van der Waals surface area contributed by atoms with E-state index in [0.717, 1.165) is 18.2 Å². The molecule has 1 aliphatic heterocycles. The Balaban J connectivity index is 2.25. The van der Waals surface area contributed by atoms with Crippen molar-refractivity contribution in [2.24, 2.45) is 5.73 Å².